The van der Waals surface area contributed by atoms with E-state index in [0.29, 0.717) is 13.2 Å². The van der Waals surface area contributed by atoms with E-state index >= 15 is 0 Å². The highest BCUT2D eigenvalue weighted by Crippen LogP contribution is 2.26. The number of benzene rings is 1. The lowest BCUT2D eigenvalue weighted by molar-refractivity contribution is -0.231. The highest BCUT2D eigenvalue weighted by Gasteiger charge is 2.31. The summed E-state index contributed by atoms with van der Waals surface area (Å²) < 4.78 is 17.7. The molecule has 0 unspecified atom stereocenters. The maximum atomic E-state index is 6.09. The van der Waals surface area contributed by atoms with Gasteiger partial charge in [0.2, 0.25) is 0 Å². The van der Waals surface area contributed by atoms with Gasteiger partial charge in [-0.3, -0.25) is 0 Å². The van der Waals surface area contributed by atoms with Crippen molar-refractivity contribution in [1.82, 2.24) is 0 Å². The molecule has 0 aromatic heterocycles. The van der Waals surface area contributed by atoms with Crippen LogP contribution in [0.2, 0.25) is 0 Å². The summed E-state index contributed by atoms with van der Waals surface area (Å²) >= 11 is 0. The van der Waals surface area contributed by atoms with E-state index in [4.69, 9.17) is 14.2 Å². The molecule has 1 aliphatic heterocycles. The highest BCUT2D eigenvalue weighted by molar-refractivity contribution is 5.13. The molecule has 0 N–H and O–H groups in total. The van der Waals surface area contributed by atoms with Crippen molar-refractivity contribution in [2.75, 3.05) is 6.61 Å². The van der Waals surface area contributed by atoms with Gasteiger partial charge in [0.15, 0.2) is 6.29 Å². The van der Waals surface area contributed by atoms with Crippen LogP contribution >= 0.6 is 0 Å². The minimum atomic E-state index is -0.0820. The van der Waals surface area contributed by atoms with Crippen LogP contribution in [0, 0.1) is 0 Å². The average molecular weight is 290 g/mol. The van der Waals surface area contributed by atoms with Gasteiger partial charge in [-0.1, -0.05) is 36.4 Å². The molecular weight excluding hydrogens is 264 g/mol. The van der Waals surface area contributed by atoms with Gasteiger partial charge in [0.25, 0.3) is 0 Å². The first kappa shape index (κ1) is 16.2. The summed E-state index contributed by atoms with van der Waals surface area (Å²) in [6, 6.07) is 10.3. The van der Waals surface area contributed by atoms with Gasteiger partial charge in [-0.05, 0) is 31.7 Å². The molecule has 116 valence electrons. The van der Waals surface area contributed by atoms with E-state index in [1.165, 1.54) is 5.56 Å². The van der Waals surface area contributed by atoms with E-state index in [2.05, 4.69) is 18.7 Å². The van der Waals surface area contributed by atoms with Crippen molar-refractivity contribution in [1.29, 1.82) is 0 Å². The summed E-state index contributed by atoms with van der Waals surface area (Å²) in [4.78, 5) is 0. The second kappa shape index (κ2) is 8.98. The van der Waals surface area contributed by atoms with E-state index in [0.717, 1.165) is 25.7 Å². The average Bonchev–Trinajstić information content (AvgIpc) is 2.53. The van der Waals surface area contributed by atoms with Gasteiger partial charge in [0, 0.05) is 13.0 Å². The predicted molar refractivity (Wildman–Crippen MR) is 84.0 cm³/mol. The first-order chi connectivity index (χ1) is 10.3. The van der Waals surface area contributed by atoms with Crippen LogP contribution in [0.25, 0.3) is 0 Å². The van der Waals surface area contributed by atoms with Crippen LogP contribution in [-0.2, 0) is 20.8 Å². The van der Waals surface area contributed by atoms with Crippen molar-refractivity contribution < 1.29 is 14.2 Å². The van der Waals surface area contributed by atoms with Gasteiger partial charge in [-0.2, -0.15) is 0 Å². The topological polar surface area (TPSA) is 27.7 Å². The lowest BCUT2D eigenvalue weighted by Gasteiger charge is -2.36. The molecule has 1 aromatic carbocycles. The van der Waals surface area contributed by atoms with Crippen molar-refractivity contribution in [3.05, 3.63) is 48.6 Å². The number of rotatable bonds is 8. The Bertz CT molecular complexity index is 404. The Morgan fingerprint density at radius 3 is 2.76 bits per heavy atom. The van der Waals surface area contributed by atoms with Gasteiger partial charge in [-0.25, -0.2) is 0 Å². The molecule has 1 aliphatic rings. The molecule has 1 saturated heterocycles. The second-order valence-electron chi connectivity index (χ2n) is 5.34. The maximum Gasteiger partial charge on any atom is 0.158 e. The van der Waals surface area contributed by atoms with Gasteiger partial charge in [-0.15, -0.1) is 6.58 Å². The number of hydrogen-bond acceptors (Lipinski definition) is 3. The highest BCUT2D eigenvalue weighted by atomic mass is 16.7. The van der Waals surface area contributed by atoms with Crippen LogP contribution in [0.15, 0.2) is 43.0 Å². The summed E-state index contributed by atoms with van der Waals surface area (Å²) in [5, 5.41) is 0. The smallest absolute Gasteiger partial charge is 0.158 e. The Morgan fingerprint density at radius 2 is 2.05 bits per heavy atom. The van der Waals surface area contributed by atoms with Crippen molar-refractivity contribution >= 4 is 0 Å². The standard InChI is InChI=1S/C18H26O3/c1-3-5-11-17-16(12-13-18(21-17)19-4-2)20-14-15-9-7-6-8-10-15/h3,6-10,16-18H,1,4-5,11-14H2,2H3/t16-,17+,18-/m0/s1. The monoisotopic (exact) mass is 290 g/mol. The fourth-order valence-electron chi connectivity index (χ4n) is 2.65. The molecule has 0 saturated carbocycles. The van der Waals surface area contributed by atoms with Crippen molar-refractivity contribution in [2.24, 2.45) is 0 Å². The molecule has 1 fully saturated rings. The molecule has 3 heteroatoms. The quantitative estimate of drug-likeness (QED) is 0.675. The molecule has 3 atom stereocenters. The van der Waals surface area contributed by atoms with E-state index in [1.54, 1.807) is 0 Å². The number of allylic oxidation sites excluding steroid dienone is 1. The Hall–Kier alpha value is -1.16. The van der Waals surface area contributed by atoms with Crippen LogP contribution in [0.3, 0.4) is 0 Å². The summed E-state index contributed by atoms with van der Waals surface area (Å²) in [5.74, 6) is 0. The summed E-state index contributed by atoms with van der Waals surface area (Å²) in [6.07, 6.45) is 5.85. The summed E-state index contributed by atoms with van der Waals surface area (Å²) in [5.41, 5.74) is 1.20. The minimum absolute atomic E-state index is 0.0820. The van der Waals surface area contributed by atoms with Crippen LogP contribution < -0.4 is 0 Å². The summed E-state index contributed by atoms with van der Waals surface area (Å²) in [7, 11) is 0. The fourth-order valence-corrected chi connectivity index (χ4v) is 2.65. The third-order valence-electron chi connectivity index (χ3n) is 3.74. The Balaban J connectivity index is 1.87. The van der Waals surface area contributed by atoms with Crippen molar-refractivity contribution in [3.8, 4) is 0 Å². The van der Waals surface area contributed by atoms with E-state index in [1.807, 2.05) is 31.2 Å². The molecule has 0 amide bonds. The summed E-state index contributed by atoms with van der Waals surface area (Å²) in [6.45, 7) is 7.12. The van der Waals surface area contributed by atoms with Crippen LogP contribution in [-0.4, -0.2) is 25.1 Å². The number of ether oxygens (including phenoxy) is 3. The molecule has 2 rings (SSSR count). The van der Waals surface area contributed by atoms with Gasteiger partial charge in [0.1, 0.15) is 0 Å². The molecule has 21 heavy (non-hydrogen) atoms. The molecule has 3 nitrogen and oxygen atoms in total. The normalized spacial score (nSPS) is 25.7. The lowest BCUT2D eigenvalue weighted by atomic mass is 10.00. The first-order valence-corrected chi connectivity index (χ1v) is 7.87. The lowest BCUT2D eigenvalue weighted by Crippen LogP contribution is -2.41. The molecule has 0 spiro atoms. The molecular formula is C18H26O3. The van der Waals surface area contributed by atoms with Gasteiger partial charge in [0.05, 0.1) is 18.8 Å². The van der Waals surface area contributed by atoms with Gasteiger partial charge >= 0.3 is 0 Å². The Kier molecular flexibility index (Phi) is 6.93. The van der Waals surface area contributed by atoms with Crippen LogP contribution in [0.1, 0.15) is 38.2 Å². The maximum absolute atomic E-state index is 6.09. The molecule has 0 aliphatic carbocycles. The van der Waals surface area contributed by atoms with Crippen molar-refractivity contribution in [2.45, 2.75) is 57.7 Å². The SMILES string of the molecule is C=CCC[C@H]1O[C@H](OCC)CC[C@@H]1OCc1ccccc1. The Labute approximate surface area is 127 Å². The van der Waals surface area contributed by atoms with Gasteiger partial charge < -0.3 is 14.2 Å². The predicted octanol–water partition coefficient (Wildman–Crippen LogP) is 4.08. The first-order valence-electron chi connectivity index (χ1n) is 7.87. The Morgan fingerprint density at radius 1 is 1.24 bits per heavy atom. The van der Waals surface area contributed by atoms with Crippen LogP contribution in [0.5, 0.6) is 0 Å². The molecule has 0 bridgehead atoms. The third kappa shape index (κ3) is 5.27. The zero-order chi connectivity index (χ0) is 14.9. The van der Waals surface area contributed by atoms with Crippen molar-refractivity contribution in [3.63, 3.8) is 0 Å². The largest absolute Gasteiger partial charge is 0.371 e. The third-order valence-corrected chi connectivity index (χ3v) is 3.74. The molecule has 1 aromatic rings. The van der Waals surface area contributed by atoms with E-state index in [-0.39, 0.29) is 18.5 Å². The zero-order valence-corrected chi connectivity index (χ0v) is 12.9. The fraction of sp³-hybridized carbons (Fsp3) is 0.556. The van der Waals surface area contributed by atoms with Crippen LogP contribution in [0.4, 0.5) is 0 Å². The number of hydrogen-bond donors (Lipinski definition) is 0. The molecule has 1 heterocycles. The second-order valence-corrected chi connectivity index (χ2v) is 5.34. The zero-order valence-electron chi connectivity index (χ0n) is 12.9. The molecule has 0 radical (unpaired) electrons. The van der Waals surface area contributed by atoms with E-state index in [9.17, 15) is 0 Å². The minimum Gasteiger partial charge on any atom is -0.371 e. The van der Waals surface area contributed by atoms with E-state index < -0.39 is 0 Å².